The Balaban J connectivity index is 2.06. The second kappa shape index (κ2) is 5.30. The third kappa shape index (κ3) is 3.54. The first-order chi connectivity index (χ1) is 8.87. The summed E-state index contributed by atoms with van der Waals surface area (Å²) < 4.78 is 27.9. The lowest BCUT2D eigenvalue weighted by Crippen LogP contribution is -2.32. The molecule has 0 aromatic carbocycles. The van der Waals surface area contributed by atoms with Crippen LogP contribution >= 0.6 is 0 Å². The molecule has 0 amide bonds. The van der Waals surface area contributed by atoms with Crippen molar-refractivity contribution >= 4 is 16.0 Å². The second-order valence-corrected chi connectivity index (χ2v) is 6.72. The molecule has 2 unspecified atom stereocenters. The highest BCUT2D eigenvalue weighted by molar-refractivity contribution is 7.89. The first-order valence-corrected chi connectivity index (χ1v) is 7.62. The molecule has 1 heterocycles. The van der Waals surface area contributed by atoms with Gasteiger partial charge in [0.2, 0.25) is 10.0 Å². The van der Waals surface area contributed by atoms with E-state index < -0.39 is 16.0 Å². The first kappa shape index (κ1) is 14.0. The molecule has 0 saturated heterocycles. The van der Waals surface area contributed by atoms with Crippen LogP contribution in [-0.2, 0) is 21.4 Å². The summed E-state index contributed by atoms with van der Waals surface area (Å²) in [7, 11) is -3.61. The number of aliphatic carboxylic acids is 1. The van der Waals surface area contributed by atoms with E-state index in [1.54, 1.807) is 0 Å². The third-order valence-corrected chi connectivity index (χ3v) is 4.71. The van der Waals surface area contributed by atoms with Gasteiger partial charge in [-0.1, -0.05) is 6.92 Å². The molecule has 2 N–H and O–H groups in total. The SMILES string of the molecule is CC1CCC(NS(=O)(=O)c2cnn(CC(=O)O)c2)C1. The largest absolute Gasteiger partial charge is 0.480 e. The summed E-state index contributed by atoms with van der Waals surface area (Å²) in [5, 5.41) is 12.3. The van der Waals surface area contributed by atoms with Gasteiger partial charge in [-0.15, -0.1) is 0 Å². The van der Waals surface area contributed by atoms with Crippen LogP contribution in [0.3, 0.4) is 0 Å². The number of nitrogens with one attached hydrogen (secondary N) is 1. The van der Waals surface area contributed by atoms with Crippen LogP contribution in [0, 0.1) is 5.92 Å². The van der Waals surface area contributed by atoms with Gasteiger partial charge >= 0.3 is 5.97 Å². The van der Waals surface area contributed by atoms with Crippen molar-refractivity contribution in [3.8, 4) is 0 Å². The normalized spacial score (nSPS) is 23.6. The molecule has 2 atom stereocenters. The predicted octanol–water partition coefficient (Wildman–Crippen LogP) is 0.435. The van der Waals surface area contributed by atoms with Crippen molar-refractivity contribution in [3.05, 3.63) is 12.4 Å². The summed E-state index contributed by atoms with van der Waals surface area (Å²) >= 11 is 0. The van der Waals surface area contributed by atoms with Crippen LogP contribution in [0.2, 0.25) is 0 Å². The van der Waals surface area contributed by atoms with E-state index in [2.05, 4.69) is 16.7 Å². The average Bonchev–Trinajstić information content (AvgIpc) is 2.87. The summed E-state index contributed by atoms with van der Waals surface area (Å²) in [4.78, 5) is 10.5. The number of carboxylic acid groups (broad SMARTS) is 1. The Morgan fingerprint density at radius 2 is 2.32 bits per heavy atom. The van der Waals surface area contributed by atoms with E-state index in [0.29, 0.717) is 5.92 Å². The number of hydrogen-bond donors (Lipinski definition) is 2. The topological polar surface area (TPSA) is 101 Å². The Morgan fingerprint density at radius 1 is 1.58 bits per heavy atom. The molecule has 106 valence electrons. The van der Waals surface area contributed by atoms with E-state index in [9.17, 15) is 13.2 Å². The average molecular weight is 287 g/mol. The molecule has 0 bridgehead atoms. The number of hydrogen-bond acceptors (Lipinski definition) is 4. The molecule has 19 heavy (non-hydrogen) atoms. The number of aromatic nitrogens is 2. The zero-order chi connectivity index (χ0) is 14.0. The molecule has 2 rings (SSSR count). The van der Waals surface area contributed by atoms with E-state index >= 15 is 0 Å². The van der Waals surface area contributed by atoms with Crippen LogP contribution in [0.15, 0.2) is 17.3 Å². The van der Waals surface area contributed by atoms with Gasteiger partial charge in [0.1, 0.15) is 11.4 Å². The molecule has 7 nitrogen and oxygen atoms in total. The second-order valence-electron chi connectivity index (χ2n) is 5.00. The molecular weight excluding hydrogens is 270 g/mol. The minimum atomic E-state index is -3.61. The van der Waals surface area contributed by atoms with Gasteiger partial charge in [-0.25, -0.2) is 13.1 Å². The minimum Gasteiger partial charge on any atom is -0.480 e. The predicted molar refractivity (Wildman–Crippen MR) is 67.0 cm³/mol. The van der Waals surface area contributed by atoms with Crippen molar-refractivity contribution in [3.63, 3.8) is 0 Å². The van der Waals surface area contributed by atoms with Crippen LogP contribution in [0.25, 0.3) is 0 Å². The smallest absolute Gasteiger partial charge is 0.325 e. The van der Waals surface area contributed by atoms with E-state index in [1.807, 2.05) is 0 Å². The molecule has 1 fully saturated rings. The van der Waals surface area contributed by atoms with Crippen molar-refractivity contribution in [2.45, 2.75) is 43.7 Å². The zero-order valence-corrected chi connectivity index (χ0v) is 11.4. The van der Waals surface area contributed by atoms with Crippen molar-refractivity contribution in [2.24, 2.45) is 5.92 Å². The van der Waals surface area contributed by atoms with Crippen molar-refractivity contribution in [1.82, 2.24) is 14.5 Å². The maximum absolute atomic E-state index is 12.1. The van der Waals surface area contributed by atoms with E-state index in [1.165, 1.54) is 12.4 Å². The molecular formula is C11H17N3O4S. The van der Waals surface area contributed by atoms with Gasteiger partial charge < -0.3 is 5.11 Å². The molecule has 1 aliphatic carbocycles. The van der Waals surface area contributed by atoms with Gasteiger partial charge in [-0.05, 0) is 25.2 Å². The van der Waals surface area contributed by atoms with Crippen LogP contribution in [-0.4, -0.2) is 35.3 Å². The van der Waals surface area contributed by atoms with E-state index in [0.717, 1.165) is 23.9 Å². The molecule has 0 spiro atoms. The van der Waals surface area contributed by atoms with Gasteiger partial charge in [-0.3, -0.25) is 9.48 Å². The Labute approximate surface area is 111 Å². The monoisotopic (exact) mass is 287 g/mol. The number of carbonyl (C=O) groups is 1. The number of carboxylic acids is 1. The van der Waals surface area contributed by atoms with Crippen LogP contribution in [0.5, 0.6) is 0 Å². The molecule has 0 radical (unpaired) electrons. The molecule has 1 aromatic heterocycles. The fraction of sp³-hybridized carbons (Fsp3) is 0.636. The van der Waals surface area contributed by atoms with E-state index in [4.69, 9.17) is 5.11 Å². The standard InChI is InChI=1S/C11H17N3O4S/c1-8-2-3-9(4-8)13-19(17,18)10-5-12-14(6-10)7-11(15)16/h5-6,8-9,13H,2-4,7H2,1H3,(H,15,16). The first-order valence-electron chi connectivity index (χ1n) is 6.13. The summed E-state index contributed by atoms with van der Waals surface area (Å²) in [6.45, 7) is 1.75. The Morgan fingerprint density at radius 3 is 2.89 bits per heavy atom. The Bertz CT molecular complexity index is 566. The highest BCUT2D eigenvalue weighted by Gasteiger charge is 2.27. The van der Waals surface area contributed by atoms with Gasteiger partial charge in [0, 0.05) is 12.2 Å². The fourth-order valence-electron chi connectivity index (χ4n) is 2.31. The molecule has 8 heteroatoms. The van der Waals surface area contributed by atoms with E-state index in [-0.39, 0.29) is 17.5 Å². The summed E-state index contributed by atoms with van der Waals surface area (Å²) in [6, 6.07) is -0.0391. The lowest BCUT2D eigenvalue weighted by Gasteiger charge is -2.11. The zero-order valence-electron chi connectivity index (χ0n) is 10.6. The number of rotatable bonds is 5. The lowest BCUT2D eigenvalue weighted by atomic mass is 10.1. The van der Waals surface area contributed by atoms with Gasteiger partial charge in [0.15, 0.2) is 0 Å². The quantitative estimate of drug-likeness (QED) is 0.818. The fourth-order valence-corrected chi connectivity index (χ4v) is 3.55. The molecule has 0 aliphatic heterocycles. The minimum absolute atomic E-state index is 0.00769. The van der Waals surface area contributed by atoms with Gasteiger partial charge in [-0.2, -0.15) is 5.10 Å². The summed E-state index contributed by atoms with van der Waals surface area (Å²) in [6.07, 6.45) is 5.09. The highest BCUT2D eigenvalue weighted by atomic mass is 32.2. The van der Waals surface area contributed by atoms with Gasteiger partial charge in [0.05, 0.1) is 6.20 Å². The van der Waals surface area contributed by atoms with Crippen molar-refractivity contribution in [2.75, 3.05) is 0 Å². The van der Waals surface area contributed by atoms with Gasteiger partial charge in [0.25, 0.3) is 0 Å². The Kier molecular flexibility index (Phi) is 3.91. The highest BCUT2D eigenvalue weighted by Crippen LogP contribution is 2.25. The number of nitrogens with zero attached hydrogens (tertiary/aromatic N) is 2. The summed E-state index contributed by atoms with van der Waals surface area (Å²) in [5.74, 6) is -0.535. The maximum atomic E-state index is 12.1. The Hall–Kier alpha value is -1.41. The number of sulfonamides is 1. The van der Waals surface area contributed by atoms with Crippen LogP contribution < -0.4 is 4.72 Å². The molecule has 1 aliphatic rings. The van der Waals surface area contributed by atoms with Crippen LogP contribution in [0.1, 0.15) is 26.2 Å². The molecule has 1 saturated carbocycles. The third-order valence-electron chi connectivity index (χ3n) is 3.23. The summed E-state index contributed by atoms with van der Waals surface area (Å²) in [5.41, 5.74) is 0. The lowest BCUT2D eigenvalue weighted by molar-refractivity contribution is -0.137. The van der Waals surface area contributed by atoms with Crippen LogP contribution in [0.4, 0.5) is 0 Å². The molecule has 1 aromatic rings. The van der Waals surface area contributed by atoms with Crippen molar-refractivity contribution in [1.29, 1.82) is 0 Å². The van der Waals surface area contributed by atoms with Crippen molar-refractivity contribution < 1.29 is 18.3 Å². The maximum Gasteiger partial charge on any atom is 0.325 e.